The minimum absolute atomic E-state index is 0.119. The third-order valence-corrected chi connectivity index (χ3v) is 5.31. The van der Waals surface area contributed by atoms with Gasteiger partial charge in [-0.15, -0.1) is 11.3 Å². The first-order valence-corrected chi connectivity index (χ1v) is 9.47. The molecule has 1 aromatic heterocycles. The van der Waals surface area contributed by atoms with E-state index in [-0.39, 0.29) is 5.69 Å². The zero-order chi connectivity index (χ0) is 19.6. The monoisotopic (exact) mass is 420 g/mol. The van der Waals surface area contributed by atoms with E-state index in [0.29, 0.717) is 32.2 Å². The molecular formula is C16H16ClF3N4O2S. The maximum absolute atomic E-state index is 13.0. The van der Waals surface area contributed by atoms with E-state index >= 15 is 0 Å². The van der Waals surface area contributed by atoms with Crippen molar-refractivity contribution in [3.05, 3.63) is 49.4 Å². The van der Waals surface area contributed by atoms with Crippen LogP contribution in [0.15, 0.2) is 23.0 Å². The van der Waals surface area contributed by atoms with Gasteiger partial charge in [-0.05, 0) is 12.5 Å². The molecule has 0 N–H and O–H groups in total. The van der Waals surface area contributed by atoms with Crippen molar-refractivity contribution in [2.24, 2.45) is 0 Å². The smallest absolute Gasteiger partial charge is 0.365 e. The van der Waals surface area contributed by atoms with Gasteiger partial charge in [-0.2, -0.15) is 13.2 Å². The van der Waals surface area contributed by atoms with Crippen LogP contribution in [-0.4, -0.2) is 41.0 Å². The Bertz CT molecular complexity index is 817. The summed E-state index contributed by atoms with van der Waals surface area (Å²) in [6, 6.07) is 1.58. The second-order valence-corrected chi connectivity index (χ2v) is 7.30. The molecule has 0 radical (unpaired) electrons. The molecule has 1 fully saturated rings. The van der Waals surface area contributed by atoms with Gasteiger partial charge in [0.15, 0.2) is 0 Å². The maximum Gasteiger partial charge on any atom is 0.418 e. The van der Waals surface area contributed by atoms with Crippen molar-refractivity contribution in [2.45, 2.75) is 19.1 Å². The van der Waals surface area contributed by atoms with Crippen LogP contribution in [-0.2, 0) is 12.7 Å². The van der Waals surface area contributed by atoms with Crippen LogP contribution in [0.3, 0.4) is 0 Å². The lowest BCUT2D eigenvalue weighted by molar-refractivity contribution is -0.384. The Kier molecular flexibility index (Phi) is 5.87. The number of aromatic nitrogens is 1. The lowest BCUT2D eigenvalue weighted by atomic mass is 10.1. The molecular weight excluding hydrogens is 405 g/mol. The highest BCUT2D eigenvalue weighted by molar-refractivity contribution is 7.07. The first-order chi connectivity index (χ1) is 12.8. The minimum Gasteiger partial charge on any atom is -0.365 e. The average molecular weight is 421 g/mol. The van der Waals surface area contributed by atoms with E-state index in [4.69, 9.17) is 11.6 Å². The van der Waals surface area contributed by atoms with Gasteiger partial charge in [0.1, 0.15) is 5.69 Å². The highest BCUT2D eigenvalue weighted by atomic mass is 35.5. The molecule has 11 heteroatoms. The van der Waals surface area contributed by atoms with E-state index in [9.17, 15) is 23.3 Å². The summed E-state index contributed by atoms with van der Waals surface area (Å²) in [4.78, 5) is 18.7. The van der Waals surface area contributed by atoms with Crippen LogP contribution in [0.2, 0.25) is 5.02 Å². The van der Waals surface area contributed by atoms with Gasteiger partial charge in [0.25, 0.3) is 5.69 Å². The van der Waals surface area contributed by atoms with Crippen molar-refractivity contribution >= 4 is 34.3 Å². The molecule has 2 heterocycles. The van der Waals surface area contributed by atoms with Crippen LogP contribution in [0.4, 0.5) is 24.5 Å². The molecule has 3 rings (SSSR count). The fraction of sp³-hybridized carbons (Fsp3) is 0.438. The van der Waals surface area contributed by atoms with Gasteiger partial charge in [-0.3, -0.25) is 15.0 Å². The number of anilines is 1. The summed E-state index contributed by atoms with van der Waals surface area (Å²) >= 11 is 7.30. The van der Waals surface area contributed by atoms with Gasteiger partial charge in [0, 0.05) is 44.2 Å². The second-order valence-electron chi connectivity index (χ2n) is 6.17. The molecule has 2 aromatic rings. The molecule has 6 nitrogen and oxygen atoms in total. The zero-order valence-electron chi connectivity index (χ0n) is 14.1. The molecule has 1 saturated heterocycles. The lowest BCUT2D eigenvalue weighted by Gasteiger charge is -2.24. The molecule has 0 unspecified atom stereocenters. The topological polar surface area (TPSA) is 62.5 Å². The van der Waals surface area contributed by atoms with Crippen molar-refractivity contribution in [3.8, 4) is 0 Å². The number of halogens is 4. The molecule has 146 valence electrons. The van der Waals surface area contributed by atoms with Gasteiger partial charge in [-0.25, -0.2) is 4.98 Å². The highest BCUT2D eigenvalue weighted by Gasteiger charge is 2.37. The summed E-state index contributed by atoms with van der Waals surface area (Å²) in [5, 5.41) is 12.8. The Labute approximate surface area is 162 Å². The molecule has 0 aliphatic carbocycles. The van der Waals surface area contributed by atoms with Gasteiger partial charge >= 0.3 is 6.18 Å². The summed E-state index contributed by atoms with van der Waals surface area (Å²) in [6.07, 6.45) is -4.02. The molecule has 1 aliphatic rings. The Hall–Kier alpha value is -1.91. The van der Waals surface area contributed by atoms with Gasteiger partial charge < -0.3 is 4.90 Å². The minimum atomic E-state index is -4.75. The van der Waals surface area contributed by atoms with Crippen molar-refractivity contribution in [1.82, 2.24) is 9.88 Å². The number of nitrogens with zero attached hydrogens (tertiary/aromatic N) is 4. The van der Waals surface area contributed by atoms with Gasteiger partial charge in [-0.1, -0.05) is 11.6 Å². The van der Waals surface area contributed by atoms with Crippen molar-refractivity contribution in [2.75, 3.05) is 31.1 Å². The highest BCUT2D eigenvalue weighted by Crippen LogP contribution is 2.41. The molecule has 0 spiro atoms. The molecule has 27 heavy (non-hydrogen) atoms. The van der Waals surface area contributed by atoms with E-state index in [0.717, 1.165) is 24.7 Å². The third kappa shape index (κ3) is 4.69. The van der Waals surface area contributed by atoms with E-state index in [2.05, 4.69) is 9.88 Å². The Morgan fingerprint density at radius 1 is 1.26 bits per heavy atom. The van der Waals surface area contributed by atoms with Crippen LogP contribution >= 0.6 is 22.9 Å². The van der Waals surface area contributed by atoms with Crippen molar-refractivity contribution in [1.29, 1.82) is 0 Å². The second kappa shape index (κ2) is 7.99. The third-order valence-electron chi connectivity index (χ3n) is 4.36. The van der Waals surface area contributed by atoms with E-state index < -0.39 is 27.4 Å². The normalized spacial score (nSPS) is 16.4. The predicted molar refractivity (Wildman–Crippen MR) is 97.3 cm³/mol. The van der Waals surface area contributed by atoms with Crippen LogP contribution in [0, 0.1) is 10.1 Å². The number of benzene rings is 1. The van der Waals surface area contributed by atoms with Gasteiger partial charge in [0.2, 0.25) is 0 Å². The molecule has 0 amide bonds. The number of nitro benzene ring substituents is 1. The van der Waals surface area contributed by atoms with E-state index in [1.807, 2.05) is 5.38 Å². The summed E-state index contributed by atoms with van der Waals surface area (Å²) in [5.41, 5.74) is 1.05. The van der Waals surface area contributed by atoms with Crippen LogP contribution in [0.25, 0.3) is 0 Å². The summed E-state index contributed by atoms with van der Waals surface area (Å²) in [7, 11) is 0. The summed E-state index contributed by atoms with van der Waals surface area (Å²) in [5.74, 6) is 0. The number of hydrogen-bond acceptors (Lipinski definition) is 6. The van der Waals surface area contributed by atoms with Crippen LogP contribution in [0.1, 0.15) is 17.7 Å². The SMILES string of the molecule is O=[N+]([O-])c1cc(C(F)(F)F)c(Cl)cc1N1CCCN(Cc2cscn2)CC1. The van der Waals surface area contributed by atoms with Crippen molar-refractivity contribution < 1.29 is 18.1 Å². The van der Waals surface area contributed by atoms with E-state index in [1.54, 1.807) is 10.4 Å². The maximum atomic E-state index is 13.0. The van der Waals surface area contributed by atoms with Gasteiger partial charge in [0.05, 0.1) is 26.7 Å². The first kappa shape index (κ1) is 19.8. The molecule has 0 saturated carbocycles. The molecule has 1 aromatic carbocycles. The van der Waals surface area contributed by atoms with Crippen LogP contribution < -0.4 is 4.90 Å². The average Bonchev–Trinajstić information content (AvgIpc) is 2.97. The van der Waals surface area contributed by atoms with Crippen molar-refractivity contribution in [3.63, 3.8) is 0 Å². The lowest BCUT2D eigenvalue weighted by Crippen LogP contribution is -2.31. The molecule has 1 aliphatic heterocycles. The Morgan fingerprint density at radius 3 is 2.67 bits per heavy atom. The number of hydrogen-bond donors (Lipinski definition) is 0. The summed E-state index contributed by atoms with van der Waals surface area (Å²) in [6.45, 7) is 3.01. The largest absolute Gasteiger partial charge is 0.418 e. The fourth-order valence-corrected chi connectivity index (χ4v) is 3.90. The van der Waals surface area contributed by atoms with Crippen LogP contribution in [0.5, 0.6) is 0 Å². The quantitative estimate of drug-likeness (QED) is 0.540. The Morgan fingerprint density at radius 2 is 2.04 bits per heavy atom. The van der Waals surface area contributed by atoms with E-state index in [1.165, 1.54) is 11.3 Å². The number of nitro groups is 1. The number of alkyl halides is 3. The zero-order valence-corrected chi connectivity index (χ0v) is 15.6. The standard InChI is InChI=1S/C16H16ClF3N4O2S/c17-13-7-14(15(24(25)26)6-12(13)16(18,19)20)23-3-1-2-22(4-5-23)8-11-9-27-10-21-11/h6-7,9-10H,1-5,8H2. The number of thiazole rings is 1. The number of rotatable bonds is 4. The Balaban J connectivity index is 1.83. The first-order valence-electron chi connectivity index (χ1n) is 8.15. The predicted octanol–water partition coefficient (Wildman–Crippen LogP) is 4.44. The molecule has 0 atom stereocenters. The summed E-state index contributed by atoms with van der Waals surface area (Å²) < 4.78 is 39.1. The fourth-order valence-electron chi connectivity index (χ4n) is 3.08. The molecule has 0 bridgehead atoms.